The van der Waals surface area contributed by atoms with E-state index in [2.05, 4.69) is 11.9 Å². The first-order valence-corrected chi connectivity index (χ1v) is 7.72. The normalized spacial score (nSPS) is 31.9. The van der Waals surface area contributed by atoms with Crippen LogP contribution in [0.25, 0.3) is 0 Å². The highest BCUT2D eigenvalue weighted by Gasteiger charge is 2.37. The van der Waals surface area contributed by atoms with Crippen molar-refractivity contribution in [2.24, 2.45) is 11.7 Å². The van der Waals surface area contributed by atoms with Crippen LogP contribution in [0.15, 0.2) is 0 Å². The molecule has 0 spiro atoms. The SMILES string of the molecule is COC1CCC(CN)(N(C)CCOCC2CC2)CC1. The zero-order valence-corrected chi connectivity index (χ0v) is 12.6. The zero-order valence-electron chi connectivity index (χ0n) is 12.6. The molecule has 112 valence electrons. The van der Waals surface area contributed by atoms with Crippen molar-refractivity contribution in [3.05, 3.63) is 0 Å². The third kappa shape index (κ3) is 4.15. The molecule has 0 aromatic rings. The molecule has 0 heterocycles. The molecule has 4 heteroatoms. The molecule has 0 radical (unpaired) electrons. The van der Waals surface area contributed by atoms with Crippen LogP contribution in [0.4, 0.5) is 0 Å². The standard InChI is InChI=1S/C15H30N2O2/c1-17(9-10-19-11-13-3-4-13)15(12-16)7-5-14(18-2)6-8-15/h13-14H,3-12,16H2,1-2H3. The van der Waals surface area contributed by atoms with Crippen LogP contribution in [0, 0.1) is 5.92 Å². The van der Waals surface area contributed by atoms with Gasteiger partial charge < -0.3 is 15.2 Å². The van der Waals surface area contributed by atoms with Crippen molar-refractivity contribution in [3.63, 3.8) is 0 Å². The predicted octanol–water partition coefficient (Wildman–Crippen LogP) is 1.63. The molecular formula is C15H30N2O2. The molecule has 0 atom stereocenters. The Bertz CT molecular complexity index is 261. The molecule has 0 aromatic heterocycles. The number of hydrogen-bond donors (Lipinski definition) is 1. The van der Waals surface area contributed by atoms with Crippen molar-refractivity contribution >= 4 is 0 Å². The lowest BCUT2D eigenvalue weighted by molar-refractivity contribution is -0.00781. The van der Waals surface area contributed by atoms with Gasteiger partial charge in [0.2, 0.25) is 0 Å². The Labute approximate surface area is 117 Å². The number of likely N-dealkylation sites (N-methyl/N-ethyl adjacent to an activating group) is 1. The minimum absolute atomic E-state index is 0.165. The van der Waals surface area contributed by atoms with Crippen molar-refractivity contribution in [1.82, 2.24) is 4.90 Å². The van der Waals surface area contributed by atoms with E-state index in [-0.39, 0.29) is 5.54 Å². The third-order valence-electron chi connectivity index (χ3n) is 5.01. The van der Waals surface area contributed by atoms with Crippen LogP contribution in [0.3, 0.4) is 0 Å². The monoisotopic (exact) mass is 270 g/mol. The zero-order chi connectivity index (χ0) is 13.7. The van der Waals surface area contributed by atoms with Crippen LogP contribution in [0.5, 0.6) is 0 Å². The van der Waals surface area contributed by atoms with Gasteiger partial charge in [-0.2, -0.15) is 0 Å². The predicted molar refractivity (Wildman–Crippen MR) is 77.2 cm³/mol. The van der Waals surface area contributed by atoms with E-state index in [1.54, 1.807) is 0 Å². The Morgan fingerprint density at radius 3 is 2.42 bits per heavy atom. The third-order valence-corrected chi connectivity index (χ3v) is 5.01. The first-order chi connectivity index (χ1) is 9.20. The average Bonchev–Trinajstić information content (AvgIpc) is 3.27. The van der Waals surface area contributed by atoms with Crippen LogP contribution in [-0.4, -0.2) is 57.0 Å². The molecule has 2 aliphatic rings. The Morgan fingerprint density at radius 1 is 1.21 bits per heavy atom. The summed E-state index contributed by atoms with van der Waals surface area (Å²) >= 11 is 0. The Balaban J connectivity index is 1.72. The molecule has 2 aliphatic carbocycles. The van der Waals surface area contributed by atoms with Crippen LogP contribution in [0.2, 0.25) is 0 Å². The maximum Gasteiger partial charge on any atom is 0.0593 e. The highest BCUT2D eigenvalue weighted by atomic mass is 16.5. The van der Waals surface area contributed by atoms with E-state index in [0.29, 0.717) is 6.10 Å². The molecule has 2 rings (SSSR count). The van der Waals surface area contributed by atoms with Gasteiger partial charge in [-0.3, -0.25) is 4.90 Å². The number of ether oxygens (including phenoxy) is 2. The summed E-state index contributed by atoms with van der Waals surface area (Å²) in [5.41, 5.74) is 6.23. The minimum Gasteiger partial charge on any atom is -0.381 e. The van der Waals surface area contributed by atoms with Crippen LogP contribution >= 0.6 is 0 Å². The van der Waals surface area contributed by atoms with Gasteiger partial charge >= 0.3 is 0 Å². The summed E-state index contributed by atoms with van der Waals surface area (Å²) in [5.74, 6) is 0.853. The second-order valence-electron chi connectivity index (χ2n) is 6.30. The number of nitrogens with two attached hydrogens (primary N) is 1. The van der Waals surface area contributed by atoms with Gasteiger partial charge in [-0.05, 0) is 51.5 Å². The van der Waals surface area contributed by atoms with Gasteiger partial charge in [0.25, 0.3) is 0 Å². The van der Waals surface area contributed by atoms with Crippen molar-refractivity contribution in [1.29, 1.82) is 0 Å². The average molecular weight is 270 g/mol. The Kier molecular flexibility index (Phi) is 5.63. The maximum atomic E-state index is 6.07. The van der Waals surface area contributed by atoms with Gasteiger partial charge in [-0.25, -0.2) is 0 Å². The van der Waals surface area contributed by atoms with E-state index in [1.165, 1.54) is 12.8 Å². The van der Waals surface area contributed by atoms with Gasteiger partial charge in [0, 0.05) is 32.3 Å². The van der Waals surface area contributed by atoms with Gasteiger partial charge in [0.15, 0.2) is 0 Å². The quantitative estimate of drug-likeness (QED) is 0.681. The molecule has 0 saturated heterocycles. The Morgan fingerprint density at radius 2 is 1.89 bits per heavy atom. The molecule has 19 heavy (non-hydrogen) atoms. The molecule has 2 saturated carbocycles. The minimum atomic E-state index is 0.165. The second-order valence-corrected chi connectivity index (χ2v) is 6.30. The first kappa shape index (κ1) is 15.2. The maximum absolute atomic E-state index is 6.07. The highest BCUT2D eigenvalue weighted by molar-refractivity contribution is 4.95. The number of rotatable bonds is 8. The van der Waals surface area contributed by atoms with Crippen molar-refractivity contribution < 1.29 is 9.47 Å². The van der Waals surface area contributed by atoms with E-state index in [4.69, 9.17) is 15.2 Å². The van der Waals surface area contributed by atoms with E-state index >= 15 is 0 Å². The number of nitrogens with zero attached hydrogens (tertiary/aromatic N) is 1. The van der Waals surface area contributed by atoms with E-state index in [1.807, 2.05) is 7.11 Å². The highest BCUT2D eigenvalue weighted by Crippen LogP contribution is 2.33. The lowest BCUT2D eigenvalue weighted by atomic mass is 9.79. The summed E-state index contributed by atoms with van der Waals surface area (Å²) in [7, 11) is 4.01. The van der Waals surface area contributed by atoms with Crippen molar-refractivity contribution in [2.75, 3.05) is 40.5 Å². The molecule has 0 aromatic carbocycles. The topological polar surface area (TPSA) is 47.7 Å². The molecule has 4 nitrogen and oxygen atoms in total. The van der Waals surface area contributed by atoms with E-state index < -0.39 is 0 Å². The fourth-order valence-corrected chi connectivity index (χ4v) is 3.08. The molecule has 0 amide bonds. The molecule has 2 N–H and O–H groups in total. The largest absolute Gasteiger partial charge is 0.381 e. The van der Waals surface area contributed by atoms with Crippen molar-refractivity contribution in [2.45, 2.75) is 50.2 Å². The summed E-state index contributed by atoms with van der Waals surface area (Å²) in [6.45, 7) is 3.52. The van der Waals surface area contributed by atoms with Gasteiger partial charge in [-0.15, -0.1) is 0 Å². The molecule has 0 unspecified atom stereocenters. The molecule has 2 fully saturated rings. The van der Waals surface area contributed by atoms with E-state index in [0.717, 1.165) is 57.9 Å². The fraction of sp³-hybridized carbons (Fsp3) is 1.00. The Hall–Kier alpha value is -0.160. The summed E-state index contributed by atoms with van der Waals surface area (Å²) in [6.07, 6.45) is 7.69. The molecule has 0 bridgehead atoms. The first-order valence-electron chi connectivity index (χ1n) is 7.72. The van der Waals surface area contributed by atoms with Crippen LogP contribution in [-0.2, 0) is 9.47 Å². The summed E-state index contributed by atoms with van der Waals surface area (Å²) in [5, 5.41) is 0. The summed E-state index contributed by atoms with van der Waals surface area (Å²) in [6, 6.07) is 0. The summed E-state index contributed by atoms with van der Waals surface area (Å²) in [4.78, 5) is 2.42. The fourth-order valence-electron chi connectivity index (χ4n) is 3.08. The van der Waals surface area contributed by atoms with E-state index in [9.17, 15) is 0 Å². The number of methoxy groups -OCH3 is 1. The lowest BCUT2D eigenvalue weighted by Gasteiger charge is -2.45. The van der Waals surface area contributed by atoms with Gasteiger partial charge in [-0.1, -0.05) is 0 Å². The van der Waals surface area contributed by atoms with Crippen LogP contribution < -0.4 is 5.73 Å². The smallest absolute Gasteiger partial charge is 0.0593 e. The summed E-state index contributed by atoms with van der Waals surface area (Å²) < 4.78 is 11.2. The second kappa shape index (κ2) is 7.02. The number of hydrogen-bond acceptors (Lipinski definition) is 4. The lowest BCUT2D eigenvalue weighted by Crippen LogP contribution is -2.55. The van der Waals surface area contributed by atoms with Crippen molar-refractivity contribution in [3.8, 4) is 0 Å². The molecule has 0 aliphatic heterocycles. The molecular weight excluding hydrogens is 240 g/mol. The van der Waals surface area contributed by atoms with Crippen LogP contribution in [0.1, 0.15) is 38.5 Å². The van der Waals surface area contributed by atoms with Gasteiger partial charge in [0.05, 0.1) is 12.7 Å². The van der Waals surface area contributed by atoms with Gasteiger partial charge in [0.1, 0.15) is 0 Å².